The molecule has 0 saturated heterocycles. The highest BCUT2D eigenvalue weighted by atomic mass is 16.5. The molecule has 18 heavy (non-hydrogen) atoms. The fourth-order valence-corrected chi connectivity index (χ4v) is 1.94. The van der Waals surface area contributed by atoms with Crippen LogP contribution in [0.15, 0.2) is 12.1 Å². The van der Waals surface area contributed by atoms with E-state index in [1.807, 2.05) is 6.92 Å². The van der Waals surface area contributed by atoms with Crippen molar-refractivity contribution in [2.45, 2.75) is 12.5 Å². The van der Waals surface area contributed by atoms with E-state index in [9.17, 15) is 0 Å². The van der Waals surface area contributed by atoms with E-state index in [1.165, 1.54) is 0 Å². The quantitative estimate of drug-likeness (QED) is 0.835. The topological polar surface area (TPSA) is 62.9 Å². The predicted molar refractivity (Wildman–Crippen MR) is 69.5 cm³/mol. The first-order valence-corrected chi connectivity index (χ1v) is 5.58. The molecule has 0 aliphatic carbocycles. The molecular formula is C13H21NO4. The molecule has 1 unspecified atom stereocenters. The van der Waals surface area contributed by atoms with Gasteiger partial charge in [-0.15, -0.1) is 0 Å². The summed E-state index contributed by atoms with van der Waals surface area (Å²) in [5, 5.41) is 0. The maximum absolute atomic E-state index is 6.27. The Hall–Kier alpha value is -1.46. The molecule has 102 valence electrons. The molecule has 1 atom stereocenters. The Bertz CT molecular complexity index is 379. The van der Waals surface area contributed by atoms with Crippen molar-refractivity contribution in [3.63, 3.8) is 0 Å². The summed E-state index contributed by atoms with van der Waals surface area (Å²) in [6.45, 7) is 2.22. The van der Waals surface area contributed by atoms with E-state index in [4.69, 9.17) is 24.7 Å². The number of hydrogen-bond donors (Lipinski definition) is 1. The smallest absolute Gasteiger partial charge is 0.131 e. The third-order valence-corrected chi connectivity index (χ3v) is 2.73. The van der Waals surface area contributed by atoms with Crippen molar-refractivity contribution in [2.75, 3.05) is 35.0 Å². The molecule has 0 aromatic heterocycles. The third-order valence-electron chi connectivity index (χ3n) is 2.73. The Morgan fingerprint density at radius 1 is 1.00 bits per heavy atom. The van der Waals surface area contributed by atoms with Gasteiger partial charge >= 0.3 is 0 Å². The fourth-order valence-electron chi connectivity index (χ4n) is 1.94. The van der Waals surface area contributed by atoms with Gasteiger partial charge in [-0.1, -0.05) is 0 Å². The molecule has 0 aliphatic rings. The number of rotatable bonds is 6. The van der Waals surface area contributed by atoms with Crippen molar-refractivity contribution in [1.82, 2.24) is 0 Å². The van der Waals surface area contributed by atoms with Crippen LogP contribution in [0.5, 0.6) is 17.2 Å². The van der Waals surface area contributed by atoms with Gasteiger partial charge in [0.05, 0.1) is 39.0 Å². The SMILES string of the molecule is COCC(C)(N)c1c(OC)cc(OC)cc1OC. The van der Waals surface area contributed by atoms with Crippen LogP contribution in [-0.4, -0.2) is 35.0 Å². The van der Waals surface area contributed by atoms with Crippen LogP contribution in [0.3, 0.4) is 0 Å². The van der Waals surface area contributed by atoms with Gasteiger partial charge in [0.1, 0.15) is 17.2 Å². The van der Waals surface area contributed by atoms with E-state index < -0.39 is 5.54 Å². The number of hydrogen-bond acceptors (Lipinski definition) is 5. The molecule has 0 heterocycles. The second-order valence-electron chi connectivity index (χ2n) is 4.26. The van der Waals surface area contributed by atoms with E-state index in [0.29, 0.717) is 23.9 Å². The average Bonchev–Trinajstić information content (AvgIpc) is 2.36. The van der Waals surface area contributed by atoms with Gasteiger partial charge in [0.2, 0.25) is 0 Å². The molecule has 1 rings (SSSR count). The average molecular weight is 255 g/mol. The van der Waals surface area contributed by atoms with E-state index in [1.54, 1.807) is 40.6 Å². The minimum atomic E-state index is -0.711. The van der Waals surface area contributed by atoms with Crippen LogP contribution in [0.25, 0.3) is 0 Å². The second-order valence-corrected chi connectivity index (χ2v) is 4.26. The van der Waals surface area contributed by atoms with E-state index >= 15 is 0 Å². The summed E-state index contributed by atoms with van der Waals surface area (Å²) in [5.41, 5.74) is 6.32. The predicted octanol–water partition coefficient (Wildman–Crippen LogP) is 1.53. The first-order chi connectivity index (χ1) is 8.50. The van der Waals surface area contributed by atoms with E-state index in [0.717, 1.165) is 5.56 Å². The summed E-state index contributed by atoms with van der Waals surface area (Å²) in [4.78, 5) is 0. The summed E-state index contributed by atoms with van der Waals surface area (Å²) >= 11 is 0. The lowest BCUT2D eigenvalue weighted by Crippen LogP contribution is -2.38. The Kier molecular flexibility index (Phi) is 4.81. The van der Waals surface area contributed by atoms with Crippen molar-refractivity contribution in [3.05, 3.63) is 17.7 Å². The van der Waals surface area contributed by atoms with Gasteiger partial charge < -0.3 is 24.7 Å². The van der Waals surface area contributed by atoms with Crippen LogP contribution in [0.1, 0.15) is 12.5 Å². The fraction of sp³-hybridized carbons (Fsp3) is 0.538. The maximum atomic E-state index is 6.27. The van der Waals surface area contributed by atoms with Gasteiger partial charge in [0.25, 0.3) is 0 Å². The Labute approximate surface area is 108 Å². The largest absolute Gasteiger partial charge is 0.496 e. The lowest BCUT2D eigenvalue weighted by molar-refractivity contribution is 0.137. The highest BCUT2D eigenvalue weighted by Crippen LogP contribution is 2.39. The van der Waals surface area contributed by atoms with Crippen LogP contribution < -0.4 is 19.9 Å². The third kappa shape index (κ3) is 2.86. The zero-order valence-electron chi connectivity index (χ0n) is 11.6. The molecule has 0 radical (unpaired) electrons. The molecule has 0 amide bonds. The highest BCUT2D eigenvalue weighted by molar-refractivity contribution is 5.54. The van der Waals surface area contributed by atoms with Gasteiger partial charge in [0.15, 0.2) is 0 Å². The van der Waals surface area contributed by atoms with Gasteiger partial charge in [-0.3, -0.25) is 0 Å². The Balaban J connectivity index is 3.39. The minimum Gasteiger partial charge on any atom is -0.496 e. The first kappa shape index (κ1) is 14.6. The molecule has 0 fully saturated rings. The van der Waals surface area contributed by atoms with Gasteiger partial charge in [-0.25, -0.2) is 0 Å². The number of benzene rings is 1. The molecule has 1 aromatic carbocycles. The highest BCUT2D eigenvalue weighted by Gasteiger charge is 2.30. The van der Waals surface area contributed by atoms with Gasteiger partial charge in [0, 0.05) is 19.2 Å². The summed E-state index contributed by atoms with van der Waals surface area (Å²) in [5.74, 6) is 1.89. The molecule has 5 heteroatoms. The lowest BCUT2D eigenvalue weighted by atomic mass is 9.92. The molecule has 1 aromatic rings. The standard InChI is InChI=1S/C13H21NO4/c1-13(14,8-15-2)12-10(17-4)6-9(16-3)7-11(12)18-5/h6-7H,8,14H2,1-5H3. The van der Waals surface area contributed by atoms with E-state index in [2.05, 4.69) is 0 Å². The van der Waals surface area contributed by atoms with Crippen LogP contribution in [-0.2, 0) is 10.3 Å². The van der Waals surface area contributed by atoms with Crippen LogP contribution in [0.2, 0.25) is 0 Å². The van der Waals surface area contributed by atoms with Crippen molar-refractivity contribution in [3.8, 4) is 17.2 Å². The van der Waals surface area contributed by atoms with Crippen molar-refractivity contribution >= 4 is 0 Å². The molecule has 2 N–H and O–H groups in total. The zero-order chi connectivity index (χ0) is 13.8. The maximum Gasteiger partial charge on any atom is 0.131 e. The number of nitrogens with two attached hydrogens (primary N) is 1. The lowest BCUT2D eigenvalue weighted by Gasteiger charge is -2.28. The molecule has 5 nitrogen and oxygen atoms in total. The van der Waals surface area contributed by atoms with E-state index in [-0.39, 0.29) is 0 Å². The summed E-state index contributed by atoms with van der Waals surface area (Å²) in [7, 11) is 6.36. The normalized spacial score (nSPS) is 13.9. The van der Waals surface area contributed by atoms with Gasteiger partial charge in [-0.05, 0) is 6.92 Å². The molecule has 0 spiro atoms. The van der Waals surface area contributed by atoms with Crippen LogP contribution >= 0.6 is 0 Å². The van der Waals surface area contributed by atoms with Crippen LogP contribution in [0, 0.1) is 0 Å². The molecule has 0 aliphatic heterocycles. The number of ether oxygens (including phenoxy) is 4. The van der Waals surface area contributed by atoms with Gasteiger partial charge in [-0.2, -0.15) is 0 Å². The first-order valence-electron chi connectivity index (χ1n) is 5.58. The Morgan fingerprint density at radius 2 is 1.50 bits per heavy atom. The molecular weight excluding hydrogens is 234 g/mol. The Morgan fingerprint density at radius 3 is 1.83 bits per heavy atom. The van der Waals surface area contributed by atoms with Crippen molar-refractivity contribution in [1.29, 1.82) is 0 Å². The number of methoxy groups -OCH3 is 4. The second kappa shape index (κ2) is 5.93. The summed E-state index contributed by atoms with van der Waals surface area (Å²) in [6, 6.07) is 3.55. The molecule has 0 saturated carbocycles. The zero-order valence-corrected chi connectivity index (χ0v) is 11.6. The summed E-state index contributed by atoms with van der Waals surface area (Å²) in [6.07, 6.45) is 0. The minimum absolute atomic E-state index is 0.353. The monoisotopic (exact) mass is 255 g/mol. The summed E-state index contributed by atoms with van der Waals surface area (Å²) < 4.78 is 21.1. The van der Waals surface area contributed by atoms with Crippen molar-refractivity contribution < 1.29 is 18.9 Å². The van der Waals surface area contributed by atoms with Crippen molar-refractivity contribution in [2.24, 2.45) is 5.73 Å². The molecule has 0 bridgehead atoms. The van der Waals surface area contributed by atoms with Crippen LogP contribution in [0.4, 0.5) is 0 Å².